The Morgan fingerprint density at radius 2 is 1.75 bits per heavy atom. The average molecular weight is 574 g/mol. The number of rotatable bonds is 10. The molecule has 3 amide bonds. The van der Waals surface area contributed by atoms with Crippen LogP contribution >= 0.6 is 12.4 Å². The highest BCUT2D eigenvalue weighted by atomic mass is 35.5. The smallest absolute Gasteiger partial charge is 0.322 e. The van der Waals surface area contributed by atoms with Gasteiger partial charge in [0.15, 0.2) is 0 Å². The Bertz CT molecular complexity index is 1210. The van der Waals surface area contributed by atoms with Crippen LogP contribution in [-0.2, 0) is 22.6 Å². The van der Waals surface area contributed by atoms with E-state index in [4.69, 9.17) is 10.7 Å². The van der Waals surface area contributed by atoms with Crippen molar-refractivity contribution in [1.82, 2.24) is 14.8 Å². The maximum absolute atomic E-state index is 13.5. The number of halogens is 1. The molecule has 4 N–H and O–H groups in total. The number of nitrogens with zero attached hydrogens (tertiary/aromatic N) is 3. The number of benzene rings is 1. The number of urea groups is 1. The van der Waals surface area contributed by atoms with Gasteiger partial charge in [-0.05, 0) is 50.2 Å². The van der Waals surface area contributed by atoms with Crippen LogP contribution in [0.25, 0.3) is 11.1 Å². The second-order valence-electron chi connectivity index (χ2n) is 11.0. The molecule has 40 heavy (non-hydrogen) atoms. The predicted octanol–water partition coefficient (Wildman–Crippen LogP) is 5.01. The fourth-order valence-electron chi connectivity index (χ4n) is 5.21. The zero-order valence-electron chi connectivity index (χ0n) is 24.5. The highest BCUT2D eigenvalue weighted by molar-refractivity contribution is 5.98. The lowest BCUT2D eigenvalue weighted by molar-refractivity contribution is -0.153. The number of hydrogen-bond donors (Lipinski definition) is 3. The number of hydrogen-bond acceptors (Lipinski definition) is 5. The number of nitrogens with two attached hydrogens (primary N) is 1. The van der Waals surface area contributed by atoms with Crippen LogP contribution in [0.15, 0.2) is 24.3 Å². The summed E-state index contributed by atoms with van der Waals surface area (Å²) >= 11 is 0. The zero-order valence-corrected chi connectivity index (χ0v) is 25.4. The number of piperazine rings is 1. The molecule has 1 fully saturated rings. The van der Waals surface area contributed by atoms with E-state index in [1.165, 1.54) is 4.90 Å². The molecule has 0 atom stereocenters. The van der Waals surface area contributed by atoms with Crippen molar-refractivity contribution in [2.45, 2.75) is 67.3 Å². The number of aryl methyl sites for hydroxylation is 2. The van der Waals surface area contributed by atoms with Crippen LogP contribution in [0.3, 0.4) is 0 Å². The van der Waals surface area contributed by atoms with Gasteiger partial charge in [0.2, 0.25) is 5.91 Å². The molecule has 1 aromatic heterocycles. The minimum absolute atomic E-state index is 0. The maximum atomic E-state index is 13.5. The first-order chi connectivity index (χ1) is 18.5. The van der Waals surface area contributed by atoms with E-state index < -0.39 is 17.4 Å². The number of aromatic nitrogens is 1. The third kappa shape index (κ3) is 7.12. The minimum Gasteiger partial charge on any atom is -0.481 e. The highest BCUT2D eigenvalue weighted by Crippen LogP contribution is 2.36. The molecular formula is C30H44ClN5O4. The highest BCUT2D eigenvalue weighted by Gasteiger charge is 2.40. The molecule has 1 saturated heterocycles. The summed E-state index contributed by atoms with van der Waals surface area (Å²) < 4.78 is 0. The van der Waals surface area contributed by atoms with Crippen molar-refractivity contribution < 1.29 is 19.5 Å². The van der Waals surface area contributed by atoms with Crippen LogP contribution in [0.4, 0.5) is 10.5 Å². The minimum atomic E-state index is -0.984. The van der Waals surface area contributed by atoms with Gasteiger partial charge in [0.25, 0.3) is 0 Å². The van der Waals surface area contributed by atoms with Crippen LogP contribution in [0.1, 0.15) is 63.1 Å². The van der Waals surface area contributed by atoms with E-state index in [9.17, 15) is 19.5 Å². The first-order valence-electron chi connectivity index (χ1n) is 13.8. The van der Waals surface area contributed by atoms with Crippen LogP contribution in [0.2, 0.25) is 0 Å². The van der Waals surface area contributed by atoms with Gasteiger partial charge in [-0.3, -0.25) is 14.6 Å². The molecule has 10 heteroatoms. The summed E-state index contributed by atoms with van der Waals surface area (Å²) in [5, 5.41) is 12.8. The molecule has 0 unspecified atom stereocenters. The topological polar surface area (TPSA) is 129 Å². The molecule has 1 aromatic carbocycles. The number of amides is 3. The predicted molar refractivity (Wildman–Crippen MR) is 161 cm³/mol. The van der Waals surface area contributed by atoms with Gasteiger partial charge >= 0.3 is 12.0 Å². The molecule has 1 aliphatic heterocycles. The van der Waals surface area contributed by atoms with E-state index in [0.29, 0.717) is 36.7 Å². The quantitative estimate of drug-likeness (QED) is 0.366. The number of aliphatic carboxylic acids is 1. The van der Waals surface area contributed by atoms with Crippen LogP contribution < -0.4 is 11.1 Å². The first kappa shape index (κ1) is 33.0. The third-order valence-electron chi connectivity index (χ3n) is 7.85. The van der Waals surface area contributed by atoms with Crippen molar-refractivity contribution in [3.05, 3.63) is 46.8 Å². The SMILES string of the molecule is CCC(CC)(CN1CCN(C(=O)Nc2c(C)nc(CC(C)C)c(CN)c2-c2ccc(C)cc2)CC1=O)C(=O)O.Cl. The van der Waals surface area contributed by atoms with Crippen molar-refractivity contribution in [2.75, 3.05) is 31.5 Å². The zero-order chi connectivity index (χ0) is 28.9. The summed E-state index contributed by atoms with van der Waals surface area (Å²) in [6.45, 7) is 12.7. The van der Waals surface area contributed by atoms with Crippen LogP contribution in [-0.4, -0.2) is 64.0 Å². The summed E-state index contributed by atoms with van der Waals surface area (Å²) in [5.41, 5.74) is 11.3. The van der Waals surface area contributed by atoms with E-state index in [0.717, 1.165) is 34.4 Å². The molecule has 0 radical (unpaired) electrons. The standard InChI is InChI=1S/C30H43N5O4.ClH/c1-7-30(8-2,28(37)38)18-35-14-13-34(17-25(35)36)29(39)33-27-21(6)32-24(15-19(3)4)23(16-31)26(27)22-11-9-20(5)10-12-22;/h9-12,19H,7-8,13-18,31H2,1-6H3,(H,33,39)(H,37,38);1H. The normalized spacial score (nSPS) is 13.8. The number of carbonyl (C=O) groups is 3. The number of carboxylic acids is 1. The molecule has 0 saturated carbocycles. The van der Waals surface area contributed by atoms with Crippen molar-refractivity contribution in [2.24, 2.45) is 17.1 Å². The van der Waals surface area contributed by atoms with E-state index in [1.807, 2.05) is 52.0 Å². The second kappa shape index (κ2) is 13.9. The van der Waals surface area contributed by atoms with Gasteiger partial charge in [-0.2, -0.15) is 0 Å². The monoisotopic (exact) mass is 573 g/mol. The summed E-state index contributed by atoms with van der Waals surface area (Å²) in [5.74, 6) is -0.771. The lowest BCUT2D eigenvalue weighted by Crippen LogP contribution is -2.56. The Morgan fingerprint density at radius 1 is 1.12 bits per heavy atom. The van der Waals surface area contributed by atoms with Crippen molar-refractivity contribution in [3.63, 3.8) is 0 Å². The molecule has 2 heterocycles. The Balaban J connectivity index is 0.00000560. The van der Waals surface area contributed by atoms with Gasteiger partial charge in [0.05, 0.1) is 16.8 Å². The molecular weight excluding hydrogens is 530 g/mol. The number of pyridine rings is 1. The summed E-state index contributed by atoms with van der Waals surface area (Å²) in [7, 11) is 0. The molecule has 0 bridgehead atoms. The van der Waals surface area contributed by atoms with E-state index in [1.54, 1.807) is 4.90 Å². The largest absolute Gasteiger partial charge is 0.481 e. The van der Waals surface area contributed by atoms with Gasteiger partial charge < -0.3 is 26.0 Å². The lowest BCUT2D eigenvalue weighted by atomic mass is 9.81. The first-order valence-corrected chi connectivity index (χ1v) is 13.8. The molecule has 2 aromatic rings. The van der Waals surface area contributed by atoms with E-state index >= 15 is 0 Å². The molecule has 3 rings (SSSR count). The lowest BCUT2D eigenvalue weighted by Gasteiger charge is -2.39. The molecule has 0 spiro atoms. The summed E-state index contributed by atoms with van der Waals surface area (Å²) in [6, 6.07) is 7.71. The van der Waals surface area contributed by atoms with Gasteiger partial charge in [-0.1, -0.05) is 57.5 Å². The summed E-state index contributed by atoms with van der Waals surface area (Å²) in [4.78, 5) is 46.3. The average Bonchev–Trinajstić information content (AvgIpc) is 2.89. The van der Waals surface area contributed by atoms with Gasteiger partial charge in [0, 0.05) is 37.4 Å². The Morgan fingerprint density at radius 3 is 2.25 bits per heavy atom. The Labute approximate surface area is 243 Å². The Hall–Kier alpha value is -3.17. The molecule has 0 aliphatic carbocycles. The summed E-state index contributed by atoms with van der Waals surface area (Å²) in [6.07, 6.45) is 1.62. The number of carboxylic acid groups (broad SMARTS) is 1. The van der Waals surface area contributed by atoms with Crippen molar-refractivity contribution in [1.29, 1.82) is 0 Å². The van der Waals surface area contributed by atoms with Crippen LogP contribution in [0, 0.1) is 25.2 Å². The maximum Gasteiger partial charge on any atom is 0.322 e. The molecule has 220 valence electrons. The Kier molecular flexibility index (Phi) is 11.5. The van der Waals surface area contributed by atoms with E-state index in [-0.39, 0.29) is 44.5 Å². The number of carbonyl (C=O) groups excluding carboxylic acids is 2. The third-order valence-corrected chi connectivity index (χ3v) is 7.85. The van der Waals surface area contributed by atoms with E-state index in [2.05, 4.69) is 19.2 Å². The second-order valence-corrected chi connectivity index (χ2v) is 11.0. The van der Waals surface area contributed by atoms with Crippen molar-refractivity contribution >= 4 is 36.0 Å². The van der Waals surface area contributed by atoms with Crippen LogP contribution in [0.5, 0.6) is 0 Å². The van der Waals surface area contributed by atoms with Gasteiger partial charge in [-0.25, -0.2) is 4.79 Å². The number of nitrogens with one attached hydrogen (secondary N) is 1. The van der Waals surface area contributed by atoms with Gasteiger partial charge in [-0.15, -0.1) is 12.4 Å². The molecule has 9 nitrogen and oxygen atoms in total. The molecule has 1 aliphatic rings. The fourth-order valence-corrected chi connectivity index (χ4v) is 5.21. The fraction of sp³-hybridized carbons (Fsp3) is 0.533. The number of anilines is 1. The van der Waals surface area contributed by atoms with Crippen molar-refractivity contribution in [3.8, 4) is 11.1 Å². The van der Waals surface area contributed by atoms with Gasteiger partial charge in [0.1, 0.15) is 6.54 Å².